The van der Waals surface area contributed by atoms with E-state index >= 15 is 0 Å². The molecule has 1 amide bonds. The van der Waals surface area contributed by atoms with E-state index in [0.29, 0.717) is 11.8 Å². The van der Waals surface area contributed by atoms with Gasteiger partial charge in [0, 0.05) is 24.4 Å². The van der Waals surface area contributed by atoms with E-state index in [1.165, 1.54) is 24.8 Å². The molecule has 0 spiro atoms. The maximum Gasteiger partial charge on any atom is 0.264 e. The minimum absolute atomic E-state index is 0.00696. The highest BCUT2D eigenvalue weighted by molar-refractivity contribution is 6.04. The van der Waals surface area contributed by atoms with Crippen LogP contribution < -0.4 is 5.73 Å². The molecular weight excluding hydrogens is 350 g/mol. The Labute approximate surface area is 166 Å². The van der Waals surface area contributed by atoms with Crippen molar-refractivity contribution in [2.24, 2.45) is 28.5 Å². The predicted molar refractivity (Wildman–Crippen MR) is 108 cm³/mol. The number of nitrogens with two attached hydrogens (primary N) is 1. The summed E-state index contributed by atoms with van der Waals surface area (Å²) < 4.78 is 5.74. The van der Waals surface area contributed by atoms with Gasteiger partial charge in [-0.25, -0.2) is 4.99 Å². The third-order valence-electron chi connectivity index (χ3n) is 7.18. The second-order valence-electron chi connectivity index (χ2n) is 9.09. The smallest absolute Gasteiger partial charge is 0.264 e. The van der Waals surface area contributed by atoms with Crippen LogP contribution >= 0.6 is 0 Å². The van der Waals surface area contributed by atoms with Gasteiger partial charge in [-0.3, -0.25) is 4.79 Å². The van der Waals surface area contributed by atoms with Gasteiger partial charge in [-0.15, -0.1) is 0 Å². The SMILES string of the molecule is CC1C2=C(N=C(c3ccc(C4(N)CCC4)cc3)C1CC1CC1)OCC(=O)N2C. The Balaban J connectivity index is 1.52. The van der Waals surface area contributed by atoms with Crippen LogP contribution in [0.3, 0.4) is 0 Å². The van der Waals surface area contributed by atoms with Crippen LogP contribution in [0.4, 0.5) is 0 Å². The van der Waals surface area contributed by atoms with Crippen LogP contribution in [0, 0.1) is 17.8 Å². The molecule has 2 unspecified atom stereocenters. The van der Waals surface area contributed by atoms with Gasteiger partial charge in [0.05, 0.1) is 11.4 Å². The Morgan fingerprint density at radius 3 is 2.57 bits per heavy atom. The highest BCUT2D eigenvalue weighted by atomic mass is 16.5. The molecule has 5 nitrogen and oxygen atoms in total. The molecule has 0 bridgehead atoms. The van der Waals surface area contributed by atoms with Gasteiger partial charge in [-0.2, -0.15) is 0 Å². The summed E-state index contributed by atoms with van der Waals surface area (Å²) in [4.78, 5) is 18.9. The number of likely N-dealkylation sites (N-methyl/N-ethyl adjacent to an activating group) is 1. The summed E-state index contributed by atoms with van der Waals surface area (Å²) in [6, 6.07) is 8.71. The zero-order valence-corrected chi connectivity index (χ0v) is 16.8. The van der Waals surface area contributed by atoms with Crippen LogP contribution in [0.1, 0.15) is 56.6 Å². The Kier molecular flexibility index (Phi) is 4.13. The van der Waals surface area contributed by atoms with Crippen LogP contribution in [0.15, 0.2) is 40.8 Å². The fraction of sp³-hybridized carbons (Fsp3) is 0.565. The maximum absolute atomic E-state index is 12.2. The minimum atomic E-state index is -0.140. The number of hydrogen-bond donors (Lipinski definition) is 1. The van der Waals surface area contributed by atoms with Crippen LogP contribution in [-0.4, -0.2) is 30.2 Å². The second kappa shape index (κ2) is 6.45. The topological polar surface area (TPSA) is 67.9 Å². The average molecular weight is 380 g/mol. The molecule has 2 N–H and O–H groups in total. The van der Waals surface area contributed by atoms with Crippen molar-refractivity contribution in [1.29, 1.82) is 0 Å². The number of nitrogens with zero attached hydrogens (tertiary/aromatic N) is 2. The molecular formula is C23H29N3O2. The van der Waals surface area contributed by atoms with Crippen molar-refractivity contribution in [3.05, 3.63) is 47.0 Å². The number of allylic oxidation sites excluding steroid dienone is 1. The molecule has 148 valence electrons. The highest BCUT2D eigenvalue weighted by Gasteiger charge is 2.41. The first kappa shape index (κ1) is 17.9. The van der Waals surface area contributed by atoms with Gasteiger partial charge in [-0.1, -0.05) is 44.0 Å². The summed E-state index contributed by atoms with van der Waals surface area (Å²) in [5.41, 5.74) is 10.8. The van der Waals surface area contributed by atoms with E-state index in [1.807, 2.05) is 7.05 Å². The van der Waals surface area contributed by atoms with E-state index in [-0.39, 0.29) is 24.0 Å². The number of benzene rings is 1. The van der Waals surface area contributed by atoms with Crippen molar-refractivity contribution in [1.82, 2.24) is 4.90 Å². The molecule has 5 rings (SSSR count). The first-order chi connectivity index (χ1) is 13.5. The summed E-state index contributed by atoms with van der Waals surface area (Å²) in [6.45, 7) is 2.29. The van der Waals surface area contributed by atoms with Gasteiger partial charge in [0.25, 0.3) is 5.91 Å². The molecule has 5 heteroatoms. The fourth-order valence-corrected chi connectivity index (χ4v) is 4.91. The molecule has 1 aromatic rings. The molecule has 2 aliphatic heterocycles. The molecule has 4 aliphatic rings. The van der Waals surface area contributed by atoms with Crippen molar-refractivity contribution in [2.75, 3.05) is 13.7 Å². The largest absolute Gasteiger partial charge is 0.466 e. The molecule has 2 saturated carbocycles. The van der Waals surface area contributed by atoms with Gasteiger partial charge in [0.1, 0.15) is 0 Å². The zero-order chi connectivity index (χ0) is 19.5. The van der Waals surface area contributed by atoms with E-state index in [1.54, 1.807) is 4.90 Å². The van der Waals surface area contributed by atoms with E-state index in [2.05, 4.69) is 31.2 Å². The molecule has 1 aromatic carbocycles. The Hall–Kier alpha value is -2.14. The Morgan fingerprint density at radius 2 is 1.96 bits per heavy atom. The van der Waals surface area contributed by atoms with E-state index < -0.39 is 0 Å². The number of amides is 1. The van der Waals surface area contributed by atoms with Crippen LogP contribution in [-0.2, 0) is 15.1 Å². The summed E-state index contributed by atoms with van der Waals surface area (Å²) in [5, 5.41) is 0. The fourth-order valence-electron chi connectivity index (χ4n) is 4.91. The first-order valence-electron chi connectivity index (χ1n) is 10.6. The minimum Gasteiger partial charge on any atom is -0.466 e. The summed E-state index contributed by atoms with van der Waals surface area (Å²) in [6.07, 6.45) is 7.09. The molecule has 28 heavy (non-hydrogen) atoms. The molecule has 2 aliphatic carbocycles. The monoisotopic (exact) mass is 379 g/mol. The normalized spacial score (nSPS) is 29.0. The molecule has 2 atom stereocenters. The maximum atomic E-state index is 12.2. The number of carbonyl (C=O) groups excluding carboxylic acids is 1. The standard InChI is InChI=1S/C23H29N3O2/c1-14-18(12-15-4-5-15)20(25-22-21(14)26(2)19(27)13-28-22)16-6-8-17(9-7-16)23(24)10-3-11-23/h6-9,14-15,18H,3-5,10-13,24H2,1-2H3. The van der Waals surface area contributed by atoms with Crippen molar-refractivity contribution in [3.8, 4) is 0 Å². The lowest BCUT2D eigenvalue weighted by atomic mass is 9.72. The van der Waals surface area contributed by atoms with Crippen molar-refractivity contribution < 1.29 is 9.53 Å². The summed E-state index contributed by atoms with van der Waals surface area (Å²) in [5.74, 6) is 1.93. The van der Waals surface area contributed by atoms with Crippen molar-refractivity contribution in [2.45, 2.75) is 51.0 Å². The number of ether oxygens (including phenoxy) is 1. The molecule has 2 heterocycles. The van der Waals surface area contributed by atoms with Crippen LogP contribution in [0.25, 0.3) is 0 Å². The van der Waals surface area contributed by atoms with E-state index in [4.69, 9.17) is 15.5 Å². The van der Waals surface area contributed by atoms with Gasteiger partial charge in [-0.05, 0) is 42.7 Å². The lowest BCUT2D eigenvalue weighted by molar-refractivity contribution is -0.135. The van der Waals surface area contributed by atoms with Gasteiger partial charge in [0.2, 0.25) is 5.88 Å². The quantitative estimate of drug-likeness (QED) is 0.870. The molecule has 0 saturated heterocycles. The number of rotatable bonds is 4. The number of aliphatic imine (C=N–C) groups is 1. The third kappa shape index (κ3) is 2.87. The average Bonchev–Trinajstić information content (AvgIpc) is 3.49. The number of hydrogen-bond acceptors (Lipinski definition) is 4. The molecule has 0 radical (unpaired) electrons. The van der Waals surface area contributed by atoms with E-state index in [0.717, 1.165) is 42.2 Å². The summed E-state index contributed by atoms with van der Waals surface area (Å²) in [7, 11) is 1.85. The van der Waals surface area contributed by atoms with Crippen molar-refractivity contribution >= 4 is 11.6 Å². The lowest BCUT2D eigenvalue weighted by Crippen LogP contribution is -2.43. The van der Waals surface area contributed by atoms with Crippen LogP contribution in [0.5, 0.6) is 0 Å². The molecule has 0 aromatic heterocycles. The summed E-state index contributed by atoms with van der Waals surface area (Å²) >= 11 is 0. The molecule has 2 fully saturated rings. The van der Waals surface area contributed by atoms with Crippen molar-refractivity contribution in [3.63, 3.8) is 0 Å². The number of carbonyl (C=O) groups is 1. The first-order valence-corrected chi connectivity index (χ1v) is 10.6. The van der Waals surface area contributed by atoms with E-state index in [9.17, 15) is 4.79 Å². The lowest BCUT2D eigenvalue weighted by Gasteiger charge is -2.39. The third-order valence-corrected chi connectivity index (χ3v) is 7.18. The Morgan fingerprint density at radius 1 is 1.25 bits per heavy atom. The Bertz CT molecular complexity index is 862. The van der Waals surface area contributed by atoms with Gasteiger partial charge < -0.3 is 15.4 Å². The van der Waals surface area contributed by atoms with Crippen LogP contribution in [0.2, 0.25) is 0 Å². The zero-order valence-electron chi connectivity index (χ0n) is 16.8. The highest BCUT2D eigenvalue weighted by Crippen LogP contribution is 2.44. The van der Waals surface area contributed by atoms with Gasteiger partial charge >= 0.3 is 0 Å². The predicted octanol–water partition coefficient (Wildman–Crippen LogP) is 3.54. The second-order valence-corrected chi connectivity index (χ2v) is 9.09. The van der Waals surface area contributed by atoms with Gasteiger partial charge in [0.15, 0.2) is 6.61 Å².